The van der Waals surface area contributed by atoms with Crippen LogP contribution in [0.15, 0.2) is 22.7 Å². The number of carbonyl (C=O) groups excluding carboxylic acids is 1. The molecule has 4 heteroatoms. The molecule has 0 aliphatic rings. The number of methoxy groups -OCH3 is 1. The number of aldehydes is 1. The van der Waals surface area contributed by atoms with E-state index in [1.165, 1.54) is 0 Å². The Hall–Kier alpha value is -1.03. The molecule has 0 heterocycles. The molecule has 0 amide bonds. The van der Waals surface area contributed by atoms with Gasteiger partial charge in [0.25, 0.3) is 0 Å². The van der Waals surface area contributed by atoms with E-state index in [2.05, 4.69) is 15.9 Å². The van der Waals surface area contributed by atoms with Crippen LogP contribution in [0.3, 0.4) is 0 Å². The van der Waals surface area contributed by atoms with E-state index < -0.39 is 0 Å². The lowest BCUT2D eigenvalue weighted by molar-refractivity contribution is -0.109. The van der Waals surface area contributed by atoms with Gasteiger partial charge in [0, 0.05) is 4.47 Å². The van der Waals surface area contributed by atoms with E-state index >= 15 is 0 Å². The summed E-state index contributed by atoms with van der Waals surface area (Å²) in [6.07, 6.45) is 0.696. The summed E-state index contributed by atoms with van der Waals surface area (Å²) in [4.78, 5) is 10.1. The van der Waals surface area contributed by atoms with Crippen LogP contribution < -0.4 is 9.47 Å². The number of carbonyl (C=O) groups is 1. The van der Waals surface area contributed by atoms with Crippen molar-refractivity contribution in [3.63, 3.8) is 0 Å². The van der Waals surface area contributed by atoms with Crippen molar-refractivity contribution in [2.24, 2.45) is 0 Å². The fourth-order valence-electron chi connectivity index (χ4n) is 0.884. The summed E-state index contributed by atoms with van der Waals surface area (Å²) >= 11 is 3.30. The average Bonchev–Trinajstić information content (AvgIpc) is 2.16. The lowest BCUT2D eigenvalue weighted by atomic mass is 10.3. The fraction of sp³-hybridized carbons (Fsp3) is 0.222. The summed E-state index contributed by atoms with van der Waals surface area (Å²) in [6.45, 7) is 0.0397. The number of hydrogen-bond acceptors (Lipinski definition) is 3. The molecule has 0 aromatic heterocycles. The molecular weight excluding hydrogens is 236 g/mol. The predicted molar refractivity (Wildman–Crippen MR) is 52.3 cm³/mol. The molecule has 70 valence electrons. The van der Waals surface area contributed by atoms with Gasteiger partial charge in [-0.25, -0.2) is 0 Å². The monoisotopic (exact) mass is 244 g/mol. The van der Waals surface area contributed by atoms with Gasteiger partial charge in [-0.05, 0) is 18.2 Å². The summed E-state index contributed by atoms with van der Waals surface area (Å²) in [6, 6.07) is 5.34. The Morgan fingerprint density at radius 3 is 2.85 bits per heavy atom. The highest BCUT2D eigenvalue weighted by Crippen LogP contribution is 2.29. The van der Waals surface area contributed by atoms with Crippen molar-refractivity contribution < 1.29 is 14.3 Å². The van der Waals surface area contributed by atoms with Crippen LogP contribution in [0, 0.1) is 0 Å². The highest BCUT2D eigenvalue weighted by atomic mass is 79.9. The molecular formula is C9H9BrO3. The molecule has 0 atom stereocenters. The van der Waals surface area contributed by atoms with Crippen LogP contribution in [0.5, 0.6) is 11.5 Å². The largest absolute Gasteiger partial charge is 0.493 e. The van der Waals surface area contributed by atoms with Gasteiger partial charge in [0.1, 0.15) is 6.61 Å². The van der Waals surface area contributed by atoms with Crippen molar-refractivity contribution >= 4 is 22.2 Å². The average molecular weight is 245 g/mol. The van der Waals surface area contributed by atoms with E-state index in [9.17, 15) is 4.79 Å². The van der Waals surface area contributed by atoms with Crippen molar-refractivity contribution in [3.8, 4) is 11.5 Å². The summed E-state index contributed by atoms with van der Waals surface area (Å²) in [5.74, 6) is 1.18. The van der Waals surface area contributed by atoms with Gasteiger partial charge in [-0.15, -0.1) is 0 Å². The molecule has 3 nitrogen and oxygen atoms in total. The normalized spacial score (nSPS) is 9.38. The summed E-state index contributed by atoms with van der Waals surface area (Å²) in [7, 11) is 1.55. The first-order chi connectivity index (χ1) is 6.27. The van der Waals surface area contributed by atoms with Crippen LogP contribution in [0.2, 0.25) is 0 Å². The molecule has 0 aliphatic heterocycles. The summed E-state index contributed by atoms with van der Waals surface area (Å²) < 4.78 is 11.1. The first-order valence-electron chi connectivity index (χ1n) is 3.68. The van der Waals surface area contributed by atoms with Crippen molar-refractivity contribution in [1.82, 2.24) is 0 Å². The number of rotatable bonds is 4. The smallest absolute Gasteiger partial charge is 0.161 e. The molecule has 0 unspecified atom stereocenters. The Morgan fingerprint density at radius 1 is 1.46 bits per heavy atom. The minimum atomic E-state index is 0.0397. The first kappa shape index (κ1) is 10.1. The Labute approximate surface area is 84.8 Å². The minimum absolute atomic E-state index is 0.0397. The number of ether oxygens (including phenoxy) is 2. The van der Waals surface area contributed by atoms with E-state index in [1.807, 2.05) is 6.07 Å². The van der Waals surface area contributed by atoms with E-state index in [1.54, 1.807) is 19.2 Å². The quantitative estimate of drug-likeness (QED) is 0.761. The zero-order chi connectivity index (χ0) is 9.68. The maximum absolute atomic E-state index is 10.1. The number of halogens is 1. The molecule has 1 rings (SSSR count). The minimum Gasteiger partial charge on any atom is -0.493 e. The van der Waals surface area contributed by atoms with Gasteiger partial charge in [-0.1, -0.05) is 15.9 Å². The van der Waals surface area contributed by atoms with Gasteiger partial charge in [-0.2, -0.15) is 0 Å². The lowest BCUT2D eigenvalue weighted by Gasteiger charge is -2.08. The standard InChI is InChI=1S/C9H9BrO3/c1-12-9-6-7(10)2-3-8(9)13-5-4-11/h2-4,6H,5H2,1H3. The highest BCUT2D eigenvalue weighted by molar-refractivity contribution is 9.10. The third-order valence-electron chi connectivity index (χ3n) is 1.43. The zero-order valence-electron chi connectivity index (χ0n) is 7.12. The van der Waals surface area contributed by atoms with Crippen molar-refractivity contribution in [3.05, 3.63) is 22.7 Å². The second-order valence-electron chi connectivity index (χ2n) is 2.27. The highest BCUT2D eigenvalue weighted by Gasteiger charge is 2.03. The molecule has 0 bridgehead atoms. The third-order valence-corrected chi connectivity index (χ3v) is 1.93. The van der Waals surface area contributed by atoms with Gasteiger partial charge in [0.2, 0.25) is 0 Å². The second kappa shape index (κ2) is 4.87. The molecule has 13 heavy (non-hydrogen) atoms. The van der Waals surface area contributed by atoms with Gasteiger partial charge in [0.15, 0.2) is 17.8 Å². The molecule has 0 N–H and O–H groups in total. The van der Waals surface area contributed by atoms with Gasteiger partial charge >= 0.3 is 0 Å². The molecule has 1 aromatic carbocycles. The van der Waals surface area contributed by atoms with Crippen molar-refractivity contribution in [1.29, 1.82) is 0 Å². The topological polar surface area (TPSA) is 35.5 Å². The first-order valence-corrected chi connectivity index (χ1v) is 4.47. The fourth-order valence-corrected chi connectivity index (χ4v) is 1.22. The van der Waals surface area contributed by atoms with Crippen LogP contribution >= 0.6 is 15.9 Å². The molecule has 0 radical (unpaired) electrons. The van der Waals surface area contributed by atoms with Crippen LogP contribution in [0.25, 0.3) is 0 Å². The molecule has 0 saturated heterocycles. The SMILES string of the molecule is COc1cc(Br)ccc1OCC=O. The Kier molecular flexibility index (Phi) is 3.76. The molecule has 0 aliphatic carbocycles. The van der Waals surface area contributed by atoms with Crippen molar-refractivity contribution in [2.45, 2.75) is 0 Å². The summed E-state index contributed by atoms with van der Waals surface area (Å²) in [5, 5.41) is 0. The predicted octanol–water partition coefficient (Wildman–Crippen LogP) is 2.04. The maximum Gasteiger partial charge on any atom is 0.161 e. The number of benzene rings is 1. The Balaban J connectivity index is 2.85. The van der Waals surface area contributed by atoms with Gasteiger partial charge in [0.05, 0.1) is 7.11 Å². The van der Waals surface area contributed by atoms with Gasteiger partial charge in [-0.3, -0.25) is 4.79 Å². The van der Waals surface area contributed by atoms with E-state index in [-0.39, 0.29) is 6.61 Å². The second-order valence-corrected chi connectivity index (χ2v) is 3.19. The Morgan fingerprint density at radius 2 is 2.23 bits per heavy atom. The molecule has 1 aromatic rings. The van der Waals surface area contributed by atoms with E-state index in [0.717, 1.165) is 4.47 Å². The van der Waals surface area contributed by atoms with Crippen LogP contribution in [0.1, 0.15) is 0 Å². The number of hydrogen-bond donors (Lipinski definition) is 0. The van der Waals surface area contributed by atoms with Crippen LogP contribution in [-0.2, 0) is 4.79 Å². The lowest BCUT2D eigenvalue weighted by Crippen LogP contribution is -1.99. The molecule has 0 saturated carbocycles. The maximum atomic E-state index is 10.1. The van der Waals surface area contributed by atoms with Crippen LogP contribution in [0.4, 0.5) is 0 Å². The van der Waals surface area contributed by atoms with E-state index in [0.29, 0.717) is 17.8 Å². The van der Waals surface area contributed by atoms with Crippen LogP contribution in [-0.4, -0.2) is 20.0 Å². The summed E-state index contributed by atoms with van der Waals surface area (Å²) in [5.41, 5.74) is 0. The zero-order valence-corrected chi connectivity index (χ0v) is 8.71. The van der Waals surface area contributed by atoms with Crippen molar-refractivity contribution in [2.75, 3.05) is 13.7 Å². The Bertz CT molecular complexity index is 299. The molecule has 0 fully saturated rings. The molecule has 0 spiro atoms. The van der Waals surface area contributed by atoms with Gasteiger partial charge < -0.3 is 9.47 Å². The van der Waals surface area contributed by atoms with E-state index in [4.69, 9.17) is 9.47 Å². The third kappa shape index (κ3) is 2.73.